The molecule has 2 saturated carbocycles. The van der Waals surface area contributed by atoms with E-state index in [9.17, 15) is 19.8 Å². The summed E-state index contributed by atoms with van der Waals surface area (Å²) in [7, 11) is 3.89. The molecule has 0 radical (unpaired) electrons. The standard InChI is InChI=1S/2C16H20Cl3NO3/c2*1-20(10-11-6-3-2-4-7-11)12-8-5-9-13(14(12)21)23-15(22)16(17,18)19/h2*2-4,6-7,12-14,21H,5,8-10H2,1H3/t2*12-,13-,14-/m00/s1. The van der Waals surface area contributed by atoms with Crippen LogP contribution in [0.4, 0.5) is 0 Å². The number of aliphatic hydroxyl groups is 2. The van der Waals surface area contributed by atoms with Gasteiger partial charge in [0.25, 0.3) is 7.59 Å². The van der Waals surface area contributed by atoms with Crippen LogP contribution in [0.15, 0.2) is 60.7 Å². The fourth-order valence-electron chi connectivity index (χ4n) is 5.84. The van der Waals surface area contributed by atoms with Crippen molar-refractivity contribution in [1.29, 1.82) is 0 Å². The predicted molar refractivity (Wildman–Crippen MR) is 183 cm³/mol. The minimum Gasteiger partial charge on any atom is -0.456 e. The minimum atomic E-state index is -2.12. The highest BCUT2D eigenvalue weighted by Gasteiger charge is 2.42. The zero-order valence-corrected chi connectivity index (χ0v) is 30.1. The third-order valence-corrected chi connectivity index (χ3v) is 9.11. The highest BCUT2D eigenvalue weighted by atomic mass is 35.6. The number of benzene rings is 2. The molecular formula is C32H40Cl6N2O6. The first-order valence-corrected chi connectivity index (χ1v) is 17.2. The van der Waals surface area contributed by atoms with E-state index in [0.717, 1.165) is 36.8 Å². The van der Waals surface area contributed by atoms with Gasteiger partial charge in [-0.1, -0.05) is 130 Å². The van der Waals surface area contributed by atoms with E-state index >= 15 is 0 Å². The first-order valence-electron chi connectivity index (χ1n) is 15.0. The summed E-state index contributed by atoms with van der Waals surface area (Å²) in [6.45, 7) is 1.40. The SMILES string of the molecule is CN(Cc1ccccc1)[C@H]1CCC[C@H](OC(=O)C(Cl)(Cl)Cl)[C@H]1O.CN(Cc1ccccc1)[C@H]1CCC[C@H](OC(=O)C(Cl)(Cl)Cl)[C@H]1O. The van der Waals surface area contributed by atoms with Crippen molar-refractivity contribution in [2.45, 2.75) is 95.7 Å². The average molecular weight is 761 g/mol. The minimum absolute atomic E-state index is 0.114. The number of carbonyl (C=O) groups excluding carboxylic acids is 2. The molecule has 4 rings (SSSR count). The summed E-state index contributed by atoms with van der Waals surface area (Å²) in [5, 5.41) is 21.1. The Hall–Kier alpha value is -1.04. The Bertz CT molecular complexity index is 1140. The summed E-state index contributed by atoms with van der Waals surface area (Å²) in [4.78, 5) is 27.5. The van der Waals surface area contributed by atoms with E-state index in [2.05, 4.69) is 9.80 Å². The molecule has 2 aliphatic carbocycles. The van der Waals surface area contributed by atoms with Crippen LogP contribution in [0.1, 0.15) is 49.7 Å². The van der Waals surface area contributed by atoms with E-state index in [1.54, 1.807) is 0 Å². The van der Waals surface area contributed by atoms with Gasteiger partial charge in [-0.2, -0.15) is 0 Å². The fourth-order valence-corrected chi connectivity index (χ4v) is 6.11. The van der Waals surface area contributed by atoms with Crippen molar-refractivity contribution < 1.29 is 29.3 Å². The number of rotatable bonds is 8. The van der Waals surface area contributed by atoms with Gasteiger partial charge in [-0.3, -0.25) is 9.80 Å². The predicted octanol–water partition coefficient (Wildman–Crippen LogP) is 6.63. The van der Waals surface area contributed by atoms with Crippen molar-refractivity contribution in [2.75, 3.05) is 14.1 Å². The first-order chi connectivity index (χ1) is 21.6. The number of hydrogen-bond donors (Lipinski definition) is 2. The van der Waals surface area contributed by atoms with Gasteiger partial charge < -0.3 is 19.7 Å². The lowest BCUT2D eigenvalue weighted by Crippen LogP contribution is -2.51. The molecule has 0 spiro atoms. The van der Waals surface area contributed by atoms with Crippen molar-refractivity contribution in [3.63, 3.8) is 0 Å². The van der Waals surface area contributed by atoms with Crippen LogP contribution in [-0.2, 0) is 32.2 Å². The summed E-state index contributed by atoms with van der Waals surface area (Å²) in [5.74, 6) is -1.89. The quantitative estimate of drug-likeness (QED) is 0.229. The summed E-state index contributed by atoms with van der Waals surface area (Å²) >= 11 is 33.1. The van der Waals surface area contributed by atoms with Crippen molar-refractivity contribution in [2.24, 2.45) is 0 Å². The number of alkyl halides is 6. The Morgan fingerprint density at radius 1 is 0.652 bits per heavy atom. The maximum Gasteiger partial charge on any atom is 0.358 e. The van der Waals surface area contributed by atoms with Gasteiger partial charge in [0.05, 0.1) is 0 Å². The van der Waals surface area contributed by atoms with Gasteiger partial charge in [0, 0.05) is 25.2 Å². The highest BCUT2D eigenvalue weighted by molar-refractivity contribution is 6.76. The molecule has 2 aromatic rings. The Balaban J connectivity index is 0.000000250. The van der Waals surface area contributed by atoms with Gasteiger partial charge in [-0.15, -0.1) is 0 Å². The van der Waals surface area contributed by atoms with Crippen LogP contribution in [0, 0.1) is 0 Å². The van der Waals surface area contributed by atoms with Gasteiger partial charge in [-0.25, -0.2) is 9.59 Å². The summed E-state index contributed by atoms with van der Waals surface area (Å²) < 4.78 is 6.13. The van der Waals surface area contributed by atoms with Gasteiger partial charge in [0.15, 0.2) is 0 Å². The van der Waals surface area contributed by atoms with Crippen LogP contribution < -0.4 is 0 Å². The van der Waals surface area contributed by atoms with Gasteiger partial charge in [0.1, 0.15) is 24.4 Å². The summed E-state index contributed by atoms with van der Waals surface area (Å²) in [6, 6.07) is 19.7. The largest absolute Gasteiger partial charge is 0.456 e. The van der Waals surface area contributed by atoms with E-state index in [1.165, 1.54) is 0 Å². The van der Waals surface area contributed by atoms with Crippen molar-refractivity contribution in [1.82, 2.24) is 9.80 Å². The first kappa shape index (κ1) is 39.4. The molecule has 0 unspecified atom stereocenters. The molecule has 256 valence electrons. The maximum absolute atomic E-state index is 11.7. The van der Waals surface area contributed by atoms with Gasteiger partial charge in [0.2, 0.25) is 0 Å². The van der Waals surface area contributed by atoms with E-state index in [0.29, 0.717) is 25.9 Å². The average Bonchev–Trinajstić information content (AvgIpc) is 2.99. The number of ether oxygens (including phenoxy) is 2. The Morgan fingerprint density at radius 3 is 1.28 bits per heavy atom. The lowest BCUT2D eigenvalue weighted by Gasteiger charge is -2.39. The second-order valence-corrected chi connectivity index (χ2v) is 16.2. The molecular weight excluding hydrogens is 721 g/mol. The number of nitrogens with zero attached hydrogens (tertiary/aromatic N) is 2. The number of halogens is 6. The number of hydrogen-bond acceptors (Lipinski definition) is 8. The lowest BCUT2D eigenvalue weighted by molar-refractivity contribution is -0.161. The molecule has 0 heterocycles. The normalized spacial score (nSPS) is 25.4. The zero-order chi connectivity index (χ0) is 34.1. The van der Waals surface area contributed by atoms with Gasteiger partial charge in [-0.05, 0) is 63.7 Å². The fraction of sp³-hybridized carbons (Fsp3) is 0.562. The van der Waals surface area contributed by atoms with Crippen LogP contribution in [0.3, 0.4) is 0 Å². The third kappa shape index (κ3) is 12.1. The Morgan fingerprint density at radius 2 is 0.978 bits per heavy atom. The zero-order valence-electron chi connectivity index (χ0n) is 25.6. The van der Waals surface area contributed by atoms with Crippen molar-refractivity contribution in [3.8, 4) is 0 Å². The number of likely N-dealkylation sites (N-methyl/N-ethyl adjacent to an activating group) is 2. The monoisotopic (exact) mass is 758 g/mol. The molecule has 0 amide bonds. The smallest absolute Gasteiger partial charge is 0.358 e. The van der Waals surface area contributed by atoms with E-state index < -0.39 is 43.9 Å². The molecule has 6 atom stereocenters. The van der Waals surface area contributed by atoms with Crippen LogP contribution in [0.2, 0.25) is 0 Å². The van der Waals surface area contributed by atoms with Crippen molar-refractivity contribution >= 4 is 81.5 Å². The molecule has 2 aliphatic rings. The highest BCUT2D eigenvalue weighted by Crippen LogP contribution is 2.33. The molecule has 14 heteroatoms. The molecule has 2 fully saturated rings. The van der Waals surface area contributed by atoms with Crippen LogP contribution >= 0.6 is 69.6 Å². The maximum atomic E-state index is 11.7. The van der Waals surface area contributed by atoms with Crippen LogP contribution in [0.5, 0.6) is 0 Å². The summed E-state index contributed by atoms with van der Waals surface area (Å²) in [5.41, 5.74) is 2.31. The molecule has 2 aromatic carbocycles. The molecule has 0 aliphatic heterocycles. The van der Waals surface area contributed by atoms with Crippen LogP contribution in [-0.4, -0.2) is 90.1 Å². The second-order valence-electron chi connectivity index (χ2n) is 11.7. The molecule has 0 aromatic heterocycles. The number of carbonyl (C=O) groups is 2. The number of aliphatic hydroxyl groups excluding tert-OH is 2. The molecule has 0 saturated heterocycles. The second kappa shape index (κ2) is 18.1. The molecule has 2 N–H and O–H groups in total. The lowest BCUT2D eigenvalue weighted by atomic mass is 9.88. The molecule has 0 bridgehead atoms. The van der Waals surface area contributed by atoms with E-state index in [1.807, 2.05) is 74.8 Å². The molecule has 46 heavy (non-hydrogen) atoms. The van der Waals surface area contributed by atoms with Gasteiger partial charge >= 0.3 is 11.9 Å². The molecule has 8 nitrogen and oxygen atoms in total. The van der Waals surface area contributed by atoms with Crippen molar-refractivity contribution in [3.05, 3.63) is 71.8 Å². The topological polar surface area (TPSA) is 99.5 Å². The van der Waals surface area contributed by atoms with E-state index in [4.69, 9.17) is 79.1 Å². The Kier molecular flexibility index (Phi) is 15.5. The number of esters is 2. The van der Waals surface area contributed by atoms with Crippen LogP contribution in [0.25, 0.3) is 0 Å². The third-order valence-electron chi connectivity index (χ3n) is 8.19. The summed E-state index contributed by atoms with van der Waals surface area (Å²) in [6.07, 6.45) is 1.50. The Labute approximate surface area is 300 Å². The van der Waals surface area contributed by atoms with E-state index in [-0.39, 0.29) is 12.1 Å².